The molecule has 0 aromatic heterocycles. The summed E-state index contributed by atoms with van der Waals surface area (Å²) in [5.41, 5.74) is 1.32. The SMILES string of the molecule is CC1CC(NCc2ccccc2Br)CC(C)O1. The van der Waals surface area contributed by atoms with Crippen molar-refractivity contribution in [3.8, 4) is 0 Å². The number of rotatable bonds is 3. The first-order valence-corrected chi connectivity index (χ1v) is 7.06. The Kier molecular flexibility index (Phi) is 4.60. The molecule has 1 saturated heterocycles. The summed E-state index contributed by atoms with van der Waals surface area (Å²) in [6.07, 6.45) is 2.95. The van der Waals surface area contributed by atoms with E-state index in [4.69, 9.17) is 4.74 Å². The van der Waals surface area contributed by atoms with Gasteiger partial charge in [-0.3, -0.25) is 0 Å². The Hall–Kier alpha value is -0.380. The predicted octanol–water partition coefficient (Wildman–Crippen LogP) is 3.49. The zero-order valence-corrected chi connectivity index (χ0v) is 12.0. The van der Waals surface area contributed by atoms with E-state index in [1.807, 2.05) is 6.07 Å². The van der Waals surface area contributed by atoms with Gasteiger partial charge in [0, 0.05) is 17.1 Å². The van der Waals surface area contributed by atoms with Crippen molar-refractivity contribution in [2.75, 3.05) is 0 Å². The molecule has 2 rings (SSSR count). The summed E-state index contributed by atoms with van der Waals surface area (Å²) in [5.74, 6) is 0. The Labute approximate surface area is 112 Å². The van der Waals surface area contributed by atoms with Crippen LogP contribution in [0.4, 0.5) is 0 Å². The lowest BCUT2D eigenvalue weighted by atomic mass is 9.99. The van der Waals surface area contributed by atoms with E-state index in [-0.39, 0.29) is 0 Å². The van der Waals surface area contributed by atoms with Crippen molar-refractivity contribution in [1.82, 2.24) is 5.32 Å². The molecule has 1 aliphatic heterocycles. The molecule has 0 aliphatic carbocycles. The van der Waals surface area contributed by atoms with Gasteiger partial charge in [0.2, 0.25) is 0 Å². The van der Waals surface area contributed by atoms with E-state index in [1.54, 1.807) is 0 Å². The average Bonchev–Trinajstić information content (AvgIpc) is 2.27. The van der Waals surface area contributed by atoms with Crippen LogP contribution in [0.5, 0.6) is 0 Å². The first-order chi connectivity index (χ1) is 8.15. The van der Waals surface area contributed by atoms with Gasteiger partial charge in [0.15, 0.2) is 0 Å². The molecule has 2 atom stereocenters. The summed E-state index contributed by atoms with van der Waals surface area (Å²) in [4.78, 5) is 0. The molecular weight excluding hydrogens is 278 g/mol. The first kappa shape index (κ1) is 13.1. The fourth-order valence-electron chi connectivity index (χ4n) is 2.47. The minimum atomic E-state index is 0.371. The number of hydrogen-bond donors (Lipinski definition) is 1. The molecule has 0 amide bonds. The third kappa shape index (κ3) is 3.80. The van der Waals surface area contributed by atoms with Gasteiger partial charge in [0.1, 0.15) is 0 Å². The third-order valence-corrected chi connectivity index (χ3v) is 4.01. The molecule has 94 valence electrons. The van der Waals surface area contributed by atoms with E-state index in [0.29, 0.717) is 18.2 Å². The standard InChI is InChI=1S/C14H20BrNO/c1-10-7-13(8-11(2)17-10)16-9-12-5-3-4-6-14(12)15/h3-6,10-11,13,16H,7-9H2,1-2H3. The zero-order valence-electron chi connectivity index (χ0n) is 10.4. The van der Waals surface area contributed by atoms with Crippen molar-refractivity contribution < 1.29 is 4.74 Å². The minimum Gasteiger partial charge on any atom is -0.375 e. The van der Waals surface area contributed by atoms with E-state index in [1.165, 1.54) is 10.0 Å². The number of nitrogens with one attached hydrogen (secondary N) is 1. The van der Waals surface area contributed by atoms with Crippen LogP contribution in [0, 0.1) is 0 Å². The molecule has 3 heteroatoms. The van der Waals surface area contributed by atoms with E-state index < -0.39 is 0 Å². The summed E-state index contributed by atoms with van der Waals surface area (Å²) >= 11 is 3.58. The lowest BCUT2D eigenvalue weighted by Crippen LogP contribution is -2.40. The van der Waals surface area contributed by atoms with Crippen molar-refractivity contribution in [3.63, 3.8) is 0 Å². The Bertz CT molecular complexity index is 359. The van der Waals surface area contributed by atoms with Gasteiger partial charge < -0.3 is 10.1 Å². The molecule has 1 N–H and O–H groups in total. The highest BCUT2D eigenvalue weighted by Crippen LogP contribution is 2.20. The molecule has 0 spiro atoms. The molecule has 17 heavy (non-hydrogen) atoms. The van der Waals surface area contributed by atoms with Crippen molar-refractivity contribution >= 4 is 15.9 Å². The monoisotopic (exact) mass is 297 g/mol. The zero-order chi connectivity index (χ0) is 12.3. The lowest BCUT2D eigenvalue weighted by molar-refractivity contribution is -0.0423. The van der Waals surface area contributed by atoms with Crippen LogP contribution in [0.25, 0.3) is 0 Å². The quantitative estimate of drug-likeness (QED) is 0.922. The largest absolute Gasteiger partial charge is 0.375 e. The van der Waals surface area contributed by atoms with Gasteiger partial charge in [0.25, 0.3) is 0 Å². The Balaban J connectivity index is 1.88. The van der Waals surface area contributed by atoms with Crippen LogP contribution < -0.4 is 5.32 Å². The van der Waals surface area contributed by atoms with E-state index >= 15 is 0 Å². The minimum absolute atomic E-state index is 0.371. The number of halogens is 1. The van der Waals surface area contributed by atoms with Gasteiger partial charge in [-0.25, -0.2) is 0 Å². The Morgan fingerprint density at radius 2 is 1.88 bits per heavy atom. The van der Waals surface area contributed by atoms with Crippen LogP contribution in [-0.4, -0.2) is 18.2 Å². The lowest BCUT2D eigenvalue weighted by Gasteiger charge is -2.32. The molecule has 1 heterocycles. The molecule has 2 unspecified atom stereocenters. The molecule has 2 nitrogen and oxygen atoms in total. The van der Waals surface area contributed by atoms with Gasteiger partial charge in [-0.05, 0) is 38.3 Å². The van der Waals surface area contributed by atoms with Crippen LogP contribution in [0.3, 0.4) is 0 Å². The smallest absolute Gasteiger partial charge is 0.0565 e. The highest BCUT2D eigenvalue weighted by molar-refractivity contribution is 9.10. The topological polar surface area (TPSA) is 21.3 Å². The van der Waals surface area contributed by atoms with Crippen LogP contribution in [0.15, 0.2) is 28.7 Å². The molecule has 1 fully saturated rings. The van der Waals surface area contributed by atoms with Crippen molar-refractivity contribution in [2.45, 2.75) is 51.5 Å². The van der Waals surface area contributed by atoms with Gasteiger partial charge in [0.05, 0.1) is 12.2 Å². The van der Waals surface area contributed by atoms with Crippen LogP contribution >= 0.6 is 15.9 Å². The van der Waals surface area contributed by atoms with Gasteiger partial charge >= 0.3 is 0 Å². The highest BCUT2D eigenvalue weighted by atomic mass is 79.9. The summed E-state index contributed by atoms with van der Waals surface area (Å²) < 4.78 is 6.92. The highest BCUT2D eigenvalue weighted by Gasteiger charge is 2.23. The summed E-state index contributed by atoms with van der Waals surface area (Å²) in [6, 6.07) is 8.94. The third-order valence-electron chi connectivity index (χ3n) is 3.24. The fourth-order valence-corrected chi connectivity index (χ4v) is 2.89. The second-order valence-corrected chi connectivity index (χ2v) is 5.75. The van der Waals surface area contributed by atoms with E-state index in [9.17, 15) is 0 Å². The summed E-state index contributed by atoms with van der Waals surface area (Å²) in [5, 5.41) is 3.63. The molecule has 0 bridgehead atoms. The normalized spacial score (nSPS) is 29.2. The average molecular weight is 298 g/mol. The molecular formula is C14H20BrNO. The second kappa shape index (κ2) is 5.98. The van der Waals surface area contributed by atoms with Crippen LogP contribution in [0.1, 0.15) is 32.3 Å². The maximum absolute atomic E-state index is 5.74. The Morgan fingerprint density at radius 1 is 1.24 bits per heavy atom. The van der Waals surface area contributed by atoms with Gasteiger partial charge in [-0.1, -0.05) is 34.1 Å². The molecule has 0 radical (unpaired) electrons. The molecule has 1 aromatic rings. The van der Waals surface area contributed by atoms with Crippen molar-refractivity contribution in [1.29, 1.82) is 0 Å². The summed E-state index contributed by atoms with van der Waals surface area (Å²) in [6.45, 7) is 5.23. The van der Waals surface area contributed by atoms with Crippen molar-refractivity contribution in [3.05, 3.63) is 34.3 Å². The van der Waals surface area contributed by atoms with Crippen LogP contribution in [-0.2, 0) is 11.3 Å². The fraction of sp³-hybridized carbons (Fsp3) is 0.571. The van der Waals surface area contributed by atoms with Crippen LogP contribution in [0.2, 0.25) is 0 Å². The van der Waals surface area contributed by atoms with Gasteiger partial charge in [-0.15, -0.1) is 0 Å². The van der Waals surface area contributed by atoms with E-state index in [2.05, 4.69) is 53.3 Å². The number of hydrogen-bond acceptors (Lipinski definition) is 2. The number of ether oxygens (including phenoxy) is 1. The maximum Gasteiger partial charge on any atom is 0.0565 e. The molecule has 1 aromatic carbocycles. The first-order valence-electron chi connectivity index (χ1n) is 6.27. The van der Waals surface area contributed by atoms with E-state index in [0.717, 1.165) is 19.4 Å². The van der Waals surface area contributed by atoms with Gasteiger partial charge in [-0.2, -0.15) is 0 Å². The summed E-state index contributed by atoms with van der Waals surface area (Å²) in [7, 11) is 0. The maximum atomic E-state index is 5.74. The second-order valence-electron chi connectivity index (χ2n) is 4.90. The van der Waals surface area contributed by atoms with Crippen molar-refractivity contribution in [2.24, 2.45) is 0 Å². The number of benzene rings is 1. The molecule has 0 saturated carbocycles. The Morgan fingerprint density at radius 3 is 2.53 bits per heavy atom. The molecule has 1 aliphatic rings. The predicted molar refractivity (Wildman–Crippen MR) is 74.0 cm³/mol.